The van der Waals surface area contributed by atoms with Crippen LogP contribution in [0.3, 0.4) is 0 Å². The highest BCUT2D eigenvalue weighted by Crippen LogP contribution is 2.33. The van der Waals surface area contributed by atoms with Crippen LogP contribution in [-0.2, 0) is 11.3 Å². The summed E-state index contributed by atoms with van der Waals surface area (Å²) in [6.45, 7) is 7.27. The Hall–Kier alpha value is -3.59. The molecular weight excluding hydrogens is 422 g/mol. The van der Waals surface area contributed by atoms with Gasteiger partial charge in [-0.3, -0.25) is 0 Å². The Labute approximate surface area is 192 Å². The number of nitrogens with one attached hydrogen (secondary N) is 1. The maximum atomic E-state index is 6.04. The van der Waals surface area contributed by atoms with E-state index in [1.807, 2.05) is 44.2 Å². The first kappa shape index (κ1) is 22.6. The van der Waals surface area contributed by atoms with E-state index in [9.17, 15) is 0 Å². The molecule has 0 saturated carbocycles. The Morgan fingerprint density at radius 2 is 1.88 bits per heavy atom. The zero-order chi connectivity index (χ0) is 23.2. The molecule has 0 bridgehead atoms. The molecule has 1 fully saturated rings. The fourth-order valence-corrected chi connectivity index (χ4v) is 3.70. The number of fused-ring (bicyclic) bond motifs is 3. The maximum absolute atomic E-state index is 6.04. The molecular formula is C24H29N5O4. The molecule has 0 amide bonds. The van der Waals surface area contributed by atoms with Crippen LogP contribution in [0.1, 0.15) is 19.4 Å². The average Bonchev–Trinajstić information content (AvgIpc) is 3.27. The zero-order valence-electron chi connectivity index (χ0n) is 19.4. The van der Waals surface area contributed by atoms with Crippen molar-refractivity contribution in [2.45, 2.75) is 20.4 Å². The second-order valence-corrected chi connectivity index (χ2v) is 7.14. The molecule has 1 N–H and O–H groups in total. The molecule has 0 spiro atoms. The van der Waals surface area contributed by atoms with Crippen LogP contribution in [0.5, 0.6) is 11.5 Å². The van der Waals surface area contributed by atoms with Gasteiger partial charge in [-0.2, -0.15) is 4.98 Å². The van der Waals surface area contributed by atoms with Crippen LogP contribution in [-0.4, -0.2) is 55.5 Å². The molecule has 1 aromatic carbocycles. The summed E-state index contributed by atoms with van der Waals surface area (Å²) in [6.07, 6.45) is 1.71. The summed E-state index contributed by atoms with van der Waals surface area (Å²) in [6, 6.07) is 9.56. The van der Waals surface area contributed by atoms with Crippen LogP contribution in [0.4, 0.5) is 11.8 Å². The predicted molar refractivity (Wildman–Crippen MR) is 128 cm³/mol. The van der Waals surface area contributed by atoms with Gasteiger partial charge in [-0.1, -0.05) is 13.8 Å². The lowest BCUT2D eigenvalue weighted by Gasteiger charge is -2.27. The quantitative estimate of drug-likeness (QED) is 0.461. The monoisotopic (exact) mass is 451 g/mol. The van der Waals surface area contributed by atoms with Gasteiger partial charge in [0, 0.05) is 37.5 Å². The molecule has 3 aromatic heterocycles. The Balaban J connectivity index is 0.00000126. The molecule has 1 aliphatic rings. The van der Waals surface area contributed by atoms with Crippen LogP contribution in [0.2, 0.25) is 0 Å². The van der Waals surface area contributed by atoms with Gasteiger partial charge in [-0.25, -0.2) is 9.97 Å². The lowest BCUT2D eigenvalue weighted by molar-refractivity contribution is 0.122. The van der Waals surface area contributed by atoms with Gasteiger partial charge in [0.1, 0.15) is 17.0 Å². The number of morpholine rings is 1. The highest BCUT2D eigenvalue weighted by molar-refractivity contribution is 6.05. The Morgan fingerprint density at radius 3 is 2.64 bits per heavy atom. The third-order valence-corrected chi connectivity index (χ3v) is 5.31. The van der Waals surface area contributed by atoms with Crippen LogP contribution >= 0.6 is 0 Å². The number of methoxy groups -OCH3 is 2. The number of benzene rings is 1. The van der Waals surface area contributed by atoms with E-state index in [1.165, 1.54) is 0 Å². The summed E-state index contributed by atoms with van der Waals surface area (Å²) in [7, 11) is 3.27. The molecule has 1 saturated heterocycles. The van der Waals surface area contributed by atoms with Gasteiger partial charge in [-0.15, -0.1) is 0 Å². The minimum absolute atomic E-state index is 0.495. The number of furan rings is 1. The van der Waals surface area contributed by atoms with Crippen molar-refractivity contribution in [3.05, 3.63) is 42.1 Å². The molecule has 0 aliphatic carbocycles. The fraction of sp³-hybridized carbons (Fsp3) is 0.375. The van der Waals surface area contributed by atoms with Crippen molar-refractivity contribution >= 4 is 34.0 Å². The largest absolute Gasteiger partial charge is 0.497 e. The molecule has 174 valence electrons. The van der Waals surface area contributed by atoms with Crippen molar-refractivity contribution in [2.75, 3.05) is 50.7 Å². The molecule has 33 heavy (non-hydrogen) atoms. The second-order valence-electron chi connectivity index (χ2n) is 7.14. The first-order valence-corrected chi connectivity index (χ1v) is 11.1. The topological polar surface area (TPSA) is 94.8 Å². The molecule has 9 heteroatoms. The van der Waals surface area contributed by atoms with Crippen molar-refractivity contribution in [2.24, 2.45) is 0 Å². The molecule has 4 aromatic rings. The minimum Gasteiger partial charge on any atom is -0.497 e. The van der Waals surface area contributed by atoms with E-state index in [0.717, 1.165) is 46.9 Å². The van der Waals surface area contributed by atoms with E-state index in [1.54, 1.807) is 20.4 Å². The SMILES string of the molecule is CC.COc1ccc(CNc2nc(N3CCOCC3)c3oc4ncccc4c3n2)c(OC)c1. The summed E-state index contributed by atoms with van der Waals surface area (Å²) in [5.41, 5.74) is 2.90. The minimum atomic E-state index is 0.495. The summed E-state index contributed by atoms with van der Waals surface area (Å²) < 4.78 is 22.3. The maximum Gasteiger partial charge on any atom is 0.229 e. The summed E-state index contributed by atoms with van der Waals surface area (Å²) in [4.78, 5) is 16.0. The van der Waals surface area contributed by atoms with Crippen LogP contribution in [0.25, 0.3) is 22.2 Å². The third-order valence-electron chi connectivity index (χ3n) is 5.31. The number of ether oxygens (including phenoxy) is 3. The van der Waals surface area contributed by atoms with E-state index < -0.39 is 0 Å². The van der Waals surface area contributed by atoms with E-state index in [-0.39, 0.29) is 0 Å². The number of anilines is 2. The molecule has 1 aliphatic heterocycles. The van der Waals surface area contributed by atoms with Gasteiger partial charge in [0.15, 0.2) is 11.4 Å². The number of pyridine rings is 1. The molecule has 9 nitrogen and oxygen atoms in total. The number of rotatable bonds is 6. The third kappa shape index (κ3) is 4.63. The van der Waals surface area contributed by atoms with Crippen molar-refractivity contribution in [1.82, 2.24) is 15.0 Å². The first-order chi connectivity index (χ1) is 16.3. The summed E-state index contributed by atoms with van der Waals surface area (Å²) in [5.74, 6) is 2.73. The van der Waals surface area contributed by atoms with E-state index >= 15 is 0 Å². The molecule has 0 unspecified atom stereocenters. The lowest BCUT2D eigenvalue weighted by Crippen LogP contribution is -2.37. The van der Waals surface area contributed by atoms with Gasteiger partial charge in [0.2, 0.25) is 11.7 Å². The van der Waals surface area contributed by atoms with E-state index in [4.69, 9.17) is 28.6 Å². The Kier molecular flexibility index (Phi) is 7.09. The van der Waals surface area contributed by atoms with Crippen molar-refractivity contribution < 1.29 is 18.6 Å². The van der Waals surface area contributed by atoms with Crippen LogP contribution < -0.4 is 19.7 Å². The molecule has 0 radical (unpaired) electrons. The predicted octanol–water partition coefficient (Wildman–Crippen LogP) is 4.26. The average molecular weight is 452 g/mol. The zero-order valence-corrected chi connectivity index (χ0v) is 19.4. The van der Waals surface area contributed by atoms with Crippen LogP contribution in [0, 0.1) is 0 Å². The van der Waals surface area contributed by atoms with Gasteiger partial charge in [0.25, 0.3) is 0 Å². The molecule has 5 rings (SSSR count). The molecule has 0 atom stereocenters. The van der Waals surface area contributed by atoms with Gasteiger partial charge >= 0.3 is 0 Å². The highest BCUT2D eigenvalue weighted by Gasteiger charge is 2.22. The first-order valence-electron chi connectivity index (χ1n) is 11.1. The standard InChI is InChI=1S/C22H23N5O4.C2H6/c1-28-15-6-5-14(17(12-15)29-2)13-24-22-25-18-16-4-3-7-23-21(16)31-19(18)20(26-22)27-8-10-30-11-9-27;1-2/h3-7,12H,8-11,13H2,1-2H3,(H,24,25,26);1-2H3. The number of hydrogen-bond donors (Lipinski definition) is 1. The smallest absolute Gasteiger partial charge is 0.229 e. The number of nitrogens with zero attached hydrogens (tertiary/aromatic N) is 4. The second kappa shape index (κ2) is 10.4. The van der Waals surface area contributed by atoms with Crippen molar-refractivity contribution in [3.8, 4) is 11.5 Å². The van der Waals surface area contributed by atoms with Gasteiger partial charge < -0.3 is 28.8 Å². The normalized spacial score (nSPS) is 13.5. The lowest BCUT2D eigenvalue weighted by atomic mass is 10.2. The summed E-state index contributed by atoms with van der Waals surface area (Å²) in [5, 5.41) is 4.20. The highest BCUT2D eigenvalue weighted by atomic mass is 16.5. The van der Waals surface area contributed by atoms with Gasteiger partial charge in [0.05, 0.1) is 32.8 Å². The fourth-order valence-electron chi connectivity index (χ4n) is 3.70. The van der Waals surface area contributed by atoms with E-state index in [2.05, 4.69) is 15.2 Å². The molecule has 4 heterocycles. The van der Waals surface area contributed by atoms with Crippen molar-refractivity contribution in [3.63, 3.8) is 0 Å². The summed E-state index contributed by atoms with van der Waals surface area (Å²) >= 11 is 0. The van der Waals surface area contributed by atoms with Gasteiger partial charge in [-0.05, 0) is 24.3 Å². The van der Waals surface area contributed by atoms with E-state index in [0.29, 0.717) is 37.0 Å². The van der Waals surface area contributed by atoms with Crippen molar-refractivity contribution in [1.29, 1.82) is 0 Å². The number of aromatic nitrogens is 3. The Morgan fingerprint density at radius 1 is 1.06 bits per heavy atom. The van der Waals surface area contributed by atoms with Crippen LogP contribution in [0.15, 0.2) is 40.9 Å². The Bertz CT molecular complexity index is 1220. The number of hydrogen-bond acceptors (Lipinski definition) is 9.